The highest BCUT2D eigenvalue weighted by Gasteiger charge is 2.13. The van der Waals surface area contributed by atoms with Crippen molar-refractivity contribution >= 4 is 35.1 Å². The molecule has 3 N–H and O–H groups in total. The van der Waals surface area contributed by atoms with Crippen LogP contribution in [0.4, 0.5) is 0 Å². The molecule has 0 aliphatic heterocycles. The number of amides is 1. The van der Waals surface area contributed by atoms with Crippen LogP contribution in [-0.4, -0.2) is 34.7 Å². The van der Waals surface area contributed by atoms with Gasteiger partial charge in [0.1, 0.15) is 0 Å². The average Bonchev–Trinajstić information content (AvgIpc) is 2.32. The van der Waals surface area contributed by atoms with E-state index in [1.165, 1.54) is 18.2 Å². The van der Waals surface area contributed by atoms with Gasteiger partial charge >= 0.3 is 5.97 Å². The van der Waals surface area contributed by atoms with Crippen LogP contribution in [-0.2, 0) is 4.79 Å². The number of hydrogen-bond donors (Lipinski definition) is 3. The van der Waals surface area contributed by atoms with Gasteiger partial charge < -0.3 is 15.5 Å². The average molecular weight is 292 g/mol. The minimum Gasteiger partial charge on any atom is -0.479 e. The Morgan fingerprint density at radius 3 is 2.50 bits per heavy atom. The number of aliphatic hydroxyl groups is 1. The molecule has 0 aromatic heterocycles. The summed E-state index contributed by atoms with van der Waals surface area (Å²) < 4.78 is 0. The van der Waals surface area contributed by atoms with E-state index >= 15 is 0 Å². The summed E-state index contributed by atoms with van der Waals surface area (Å²) in [4.78, 5) is 21.9. The highest BCUT2D eigenvalue weighted by Crippen LogP contribution is 2.22. The lowest BCUT2D eigenvalue weighted by molar-refractivity contribution is -0.146. The first kappa shape index (κ1) is 14.8. The van der Waals surface area contributed by atoms with Crippen molar-refractivity contribution in [2.45, 2.75) is 12.5 Å². The van der Waals surface area contributed by atoms with Crippen LogP contribution >= 0.6 is 23.2 Å². The number of halogens is 2. The van der Waals surface area contributed by atoms with E-state index in [0.29, 0.717) is 10.6 Å². The van der Waals surface area contributed by atoms with E-state index in [1.54, 1.807) is 0 Å². The lowest BCUT2D eigenvalue weighted by Crippen LogP contribution is -2.30. The van der Waals surface area contributed by atoms with Crippen LogP contribution in [0.5, 0.6) is 0 Å². The molecular formula is C11H11Cl2NO4. The summed E-state index contributed by atoms with van der Waals surface area (Å²) in [6.07, 6.45) is -1.55. The Bertz CT molecular complexity index is 464. The van der Waals surface area contributed by atoms with Gasteiger partial charge in [-0.2, -0.15) is 0 Å². The predicted octanol–water partition coefficient (Wildman–Crippen LogP) is 1.56. The van der Waals surface area contributed by atoms with Crippen molar-refractivity contribution < 1.29 is 19.8 Å². The monoisotopic (exact) mass is 291 g/mol. The van der Waals surface area contributed by atoms with Gasteiger partial charge in [-0.15, -0.1) is 0 Å². The minimum absolute atomic E-state index is 0.0482. The first-order valence-corrected chi connectivity index (χ1v) is 5.81. The summed E-state index contributed by atoms with van der Waals surface area (Å²) in [6, 6.07) is 4.40. The van der Waals surface area contributed by atoms with Crippen molar-refractivity contribution in [3.8, 4) is 0 Å². The molecule has 1 aromatic rings. The van der Waals surface area contributed by atoms with Gasteiger partial charge in [0, 0.05) is 18.5 Å². The van der Waals surface area contributed by atoms with Crippen molar-refractivity contribution in [3.05, 3.63) is 33.8 Å². The molecule has 1 aromatic carbocycles. The topological polar surface area (TPSA) is 86.6 Å². The molecule has 7 heteroatoms. The fourth-order valence-corrected chi connectivity index (χ4v) is 1.48. The zero-order valence-corrected chi connectivity index (χ0v) is 10.7. The summed E-state index contributed by atoms with van der Waals surface area (Å²) in [7, 11) is 0. The highest BCUT2D eigenvalue weighted by atomic mass is 35.5. The fourth-order valence-electron chi connectivity index (χ4n) is 1.19. The maximum atomic E-state index is 11.6. The Hall–Kier alpha value is -1.30. The Balaban J connectivity index is 2.50. The quantitative estimate of drug-likeness (QED) is 0.768. The first-order chi connectivity index (χ1) is 8.41. The molecule has 0 bridgehead atoms. The SMILES string of the molecule is O=C(NCC[C@H](O)C(=O)O)c1ccc(Cl)c(Cl)c1. The molecule has 1 atom stereocenters. The zero-order chi connectivity index (χ0) is 13.7. The van der Waals surface area contributed by atoms with Crippen molar-refractivity contribution in [2.75, 3.05) is 6.54 Å². The minimum atomic E-state index is -1.49. The number of rotatable bonds is 5. The van der Waals surface area contributed by atoms with E-state index in [9.17, 15) is 9.59 Å². The fraction of sp³-hybridized carbons (Fsp3) is 0.273. The largest absolute Gasteiger partial charge is 0.479 e. The van der Waals surface area contributed by atoms with Gasteiger partial charge in [-0.25, -0.2) is 4.79 Å². The van der Waals surface area contributed by atoms with E-state index in [1.807, 2.05) is 0 Å². The molecule has 0 unspecified atom stereocenters. The van der Waals surface area contributed by atoms with Crippen LogP contribution in [0.3, 0.4) is 0 Å². The van der Waals surface area contributed by atoms with Gasteiger partial charge in [0.05, 0.1) is 10.0 Å². The highest BCUT2D eigenvalue weighted by molar-refractivity contribution is 6.42. The summed E-state index contributed by atoms with van der Waals surface area (Å²) in [5.41, 5.74) is 0.314. The van der Waals surface area contributed by atoms with E-state index in [4.69, 9.17) is 33.4 Å². The van der Waals surface area contributed by atoms with Crippen LogP contribution in [0, 0.1) is 0 Å². The van der Waals surface area contributed by atoms with Gasteiger partial charge in [-0.1, -0.05) is 23.2 Å². The molecule has 0 fully saturated rings. The van der Waals surface area contributed by atoms with Crippen molar-refractivity contribution in [1.29, 1.82) is 0 Å². The number of aliphatic hydroxyl groups excluding tert-OH is 1. The van der Waals surface area contributed by atoms with E-state index in [2.05, 4.69) is 5.32 Å². The van der Waals surface area contributed by atoms with Crippen LogP contribution in [0.1, 0.15) is 16.8 Å². The zero-order valence-electron chi connectivity index (χ0n) is 9.19. The van der Waals surface area contributed by atoms with Crippen LogP contribution in [0.25, 0.3) is 0 Å². The molecule has 0 aliphatic rings. The Labute approximate surface area is 113 Å². The Morgan fingerprint density at radius 1 is 1.28 bits per heavy atom. The third-order valence-corrected chi connectivity index (χ3v) is 2.91. The van der Waals surface area contributed by atoms with Crippen molar-refractivity contribution in [2.24, 2.45) is 0 Å². The number of aliphatic carboxylic acids is 1. The molecule has 0 heterocycles. The second-order valence-electron chi connectivity index (χ2n) is 3.53. The molecule has 5 nitrogen and oxygen atoms in total. The molecule has 98 valence electrons. The maximum Gasteiger partial charge on any atom is 0.332 e. The van der Waals surface area contributed by atoms with Crippen LogP contribution in [0.15, 0.2) is 18.2 Å². The summed E-state index contributed by atoms with van der Waals surface area (Å²) in [6.45, 7) is 0.0482. The third-order valence-electron chi connectivity index (χ3n) is 2.17. The number of carbonyl (C=O) groups is 2. The van der Waals surface area contributed by atoms with E-state index in [-0.39, 0.29) is 18.0 Å². The second kappa shape index (κ2) is 6.58. The van der Waals surface area contributed by atoms with Gasteiger partial charge in [0.2, 0.25) is 0 Å². The summed E-state index contributed by atoms with van der Waals surface area (Å²) >= 11 is 11.5. The Morgan fingerprint density at radius 2 is 1.94 bits per heavy atom. The predicted molar refractivity (Wildman–Crippen MR) is 67.1 cm³/mol. The van der Waals surface area contributed by atoms with Crippen LogP contribution < -0.4 is 5.32 Å². The Kier molecular flexibility index (Phi) is 5.40. The lowest BCUT2D eigenvalue weighted by atomic mass is 10.2. The molecule has 0 saturated heterocycles. The van der Waals surface area contributed by atoms with Crippen molar-refractivity contribution in [3.63, 3.8) is 0 Å². The molecule has 1 rings (SSSR count). The molecular weight excluding hydrogens is 281 g/mol. The lowest BCUT2D eigenvalue weighted by Gasteiger charge is -2.07. The van der Waals surface area contributed by atoms with Gasteiger partial charge in [-0.05, 0) is 18.2 Å². The number of carbonyl (C=O) groups excluding carboxylic acids is 1. The van der Waals surface area contributed by atoms with E-state index in [0.717, 1.165) is 0 Å². The van der Waals surface area contributed by atoms with Gasteiger partial charge in [0.25, 0.3) is 5.91 Å². The van der Waals surface area contributed by atoms with Crippen LogP contribution in [0.2, 0.25) is 10.0 Å². The second-order valence-corrected chi connectivity index (χ2v) is 4.34. The third kappa shape index (κ3) is 4.18. The molecule has 0 radical (unpaired) electrons. The smallest absolute Gasteiger partial charge is 0.332 e. The first-order valence-electron chi connectivity index (χ1n) is 5.06. The maximum absolute atomic E-state index is 11.6. The molecule has 1 amide bonds. The van der Waals surface area contributed by atoms with Gasteiger partial charge in [0.15, 0.2) is 6.10 Å². The molecule has 0 aliphatic carbocycles. The molecule has 18 heavy (non-hydrogen) atoms. The number of hydrogen-bond acceptors (Lipinski definition) is 3. The number of carboxylic acid groups (broad SMARTS) is 1. The van der Waals surface area contributed by atoms with Crippen molar-refractivity contribution in [1.82, 2.24) is 5.32 Å². The molecule has 0 saturated carbocycles. The standard InChI is InChI=1S/C11H11Cl2NO4/c12-7-2-1-6(5-8(7)13)10(16)14-4-3-9(15)11(17)18/h1-2,5,9,15H,3-4H2,(H,14,16)(H,17,18)/t9-/m0/s1. The number of benzene rings is 1. The summed E-state index contributed by atoms with van der Waals surface area (Å²) in [5, 5.41) is 20.5. The number of carboxylic acids is 1. The number of nitrogens with one attached hydrogen (secondary N) is 1. The molecule has 0 spiro atoms. The normalized spacial score (nSPS) is 11.9. The summed E-state index contributed by atoms with van der Waals surface area (Å²) in [5.74, 6) is -1.73. The van der Waals surface area contributed by atoms with E-state index < -0.39 is 18.0 Å². The van der Waals surface area contributed by atoms with Gasteiger partial charge in [-0.3, -0.25) is 4.79 Å².